The lowest BCUT2D eigenvalue weighted by Crippen LogP contribution is -2.65. The quantitative estimate of drug-likeness (QED) is 0.188. The average Bonchev–Trinajstić information content (AvgIpc) is 2.36. The Morgan fingerprint density at radius 2 is 0.920 bits per heavy atom. The molecule has 1 fully saturated rings. The van der Waals surface area contributed by atoms with Crippen molar-refractivity contribution in [2.75, 3.05) is 7.11 Å². The second kappa shape index (κ2) is 8.07. The van der Waals surface area contributed by atoms with Crippen LogP contribution in [-0.2, 0) is 32.0 Å². The Morgan fingerprint density at radius 1 is 0.600 bits per heavy atom. The van der Waals surface area contributed by atoms with Gasteiger partial charge in [-0.05, 0) is 0 Å². The Balaban J connectivity index is 3.32. The summed E-state index contributed by atoms with van der Waals surface area (Å²) < 4.78 is 50.4. The number of hydrogen-bond donors (Lipinski definition) is 8. The van der Waals surface area contributed by atoms with E-state index in [9.17, 15) is 23.9 Å². The molecule has 1 aliphatic rings. The van der Waals surface area contributed by atoms with Gasteiger partial charge in [0.25, 0.3) is 0 Å². The van der Waals surface area contributed by atoms with Crippen molar-refractivity contribution in [2.24, 2.45) is 0 Å². The van der Waals surface area contributed by atoms with Crippen molar-refractivity contribution in [3.8, 4) is 0 Å². The Morgan fingerprint density at radius 3 is 1.28 bits per heavy atom. The standard InChI is InChI=1S/C7H17O15P3/c1-19-5-2(8)4(20-23(10,11)12)3(9)6(21-24(13,14)15)7(5)22-25(16,17)18/h2-9H,1H3,(H2,10,11,12)(H2,13,14,15)(H2,16,17,18)/t2-,3+,4-,5-,6-,7-/m1/s1. The lowest BCUT2D eigenvalue weighted by atomic mass is 9.85. The summed E-state index contributed by atoms with van der Waals surface area (Å²) in [5, 5.41) is 20.0. The monoisotopic (exact) mass is 434 g/mol. The van der Waals surface area contributed by atoms with Crippen LogP contribution >= 0.6 is 23.5 Å². The Bertz CT molecular complexity index is 590. The Kier molecular flexibility index (Phi) is 7.50. The first kappa shape index (κ1) is 23.2. The van der Waals surface area contributed by atoms with Gasteiger partial charge in [0, 0.05) is 7.11 Å². The van der Waals surface area contributed by atoms with E-state index in [1.54, 1.807) is 0 Å². The lowest BCUT2D eigenvalue weighted by molar-refractivity contribution is -0.219. The van der Waals surface area contributed by atoms with Crippen LogP contribution in [0.4, 0.5) is 0 Å². The van der Waals surface area contributed by atoms with Crippen molar-refractivity contribution >= 4 is 23.5 Å². The van der Waals surface area contributed by atoms with E-state index in [1.165, 1.54) is 0 Å². The molecule has 0 aliphatic heterocycles. The predicted octanol–water partition coefficient (Wildman–Crippen LogP) is -2.83. The summed E-state index contributed by atoms with van der Waals surface area (Å²) in [4.78, 5) is 53.2. The van der Waals surface area contributed by atoms with Gasteiger partial charge < -0.3 is 44.3 Å². The number of phosphoric acid groups is 3. The van der Waals surface area contributed by atoms with Crippen LogP contribution in [0.25, 0.3) is 0 Å². The zero-order valence-corrected chi connectivity index (χ0v) is 14.9. The number of hydrogen-bond acceptors (Lipinski definition) is 9. The van der Waals surface area contributed by atoms with Gasteiger partial charge in [0.1, 0.15) is 36.6 Å². The molecule has 1 saturated carbocycles. The van der Waals surface area contributed by atoms with Crippen LogP contribution < -0.4 is 0 Å². The molecule has 150 valence electrons. The maximum absolute atomic E-state index is 11.0. The summed E-state index contributed by atoms with van der Waals surface area (Å²) in [7, 11) is -15.1. The van der Waals surface area contributed by atoms with Gasteiger partial charge in [-0.25, -0.2) is 13.7 Å². The fraction of sp³-hybridized carbons (Fsp3) is 1.00. The van der Waals surface area contributed by atoms with E-state index < -0.39 is 60.1 Å². The smallest absolute Gasteiger partial charge is 0.387 e. The van der Waals surface area contributed by atoms with Crippen molar-refractivity contribution in [1.82, 2.24) is 0 Å². The fourth-order valence-electron chi connectivity index (χ4n) is 2.27. The van der Waals surface area contributed by atoms with E-state index in [0.29, 0.717) is 0 Å². The van der Waals surface area contributed by atoms with Crippen LogP contribution in [0.2, 0.25) is 0 Å². The van der Waals surface area contributed by atoms with Crippen molar-refractivity contribution < 1.29 is 71.6 Å². The van der Waals surface area contributed by atoms with E-state index in [4.69, 9.17) is 34.1 Å². The average molecular weight is 434 g/mol. The molecule has 25 heavy (non-hydrogen) atoms. The topological polar surface area (TPSA) is 250 Å². The number of aliphatic hydroxyl groups excluding tert-OH is 2. The van der Waals surface area contributed by atoms with E-state index >= 15 is 0 Å². The molecule has 0 heterocycles. The minimum Gasteiger partial charge on any atom is -0.387 e. The van der Waals surface area contributed by atoms with Gasteiger partial charge in [-0.2, -0.15) is 0 Å². The third-order valence-corrected chi connectivity index (χ3v) is 4.60. The second-order valence-corrected chi connectivity index (χ2v) is 8.44. The zero-order chi connectivity index (χ0) is 19.8. The maximum atomic E-state index is 11.0. The summed E-state index contributed by atoms with van der Waals surface area (Å²) >= 11 is 0. The van der Waals surface area contributed by atoms with Gasteiger partial charge in [-0.3, -0.25) is 13.6 Å². The normalized spacial score (nSPS) is 34.9. The number of methoxy groups -OCH3 is 1. The van der Waals surface area contributed by atoms with Crippen molar-refractivity contribution in [3.05, 3.63) is 0 Å². The van der Waals surface area contributed by atoms with Gasteiger partial charge in [-0.1, -0.05) is 0 Å². The highest BCUT2D eigenvalue weighted by atomic mass is 31.2. The highest BCUT2D eigenvalue weighted by Gasteiger charge is 2.57. The summed E-state index contributed by atoms with van der Waals surface area (Å²) in [6, 6.07) is 0. The van der Waals surface area contributed by atoms with Gasteiger partial charge in [0.15, 0.2) is 0 Å². The van der Waals surface area contributed by atoms with E-state index in [0.717, 1.165) is 7.11 Å². The SMILES string of the molecule is CO[C@@H]1[C@H](O)[C@@H](OP(=O)(O)O)[C@H](O)[C@@H](OP(=O)(O)O)[C@@H]1OP(=O)(O)O. The zero-order valence-electron chi connectivity index (χ0n) is 12.2. The fourth-order valence-corrected chi connectivity index (χ4v) is 3.95. The number of aliphatic hydroxyl groups is 2. The van der Waals surface area contributed by atoms with E-state index in [2.05, 4.69) is 13.6 Å². The van der Waals surface area contributed by atoms with Crippen LogP contribution in [0.3, 0.4) is 0 Å². The Hall–Kier alpha value is 0.210. The molecule has 0 amide bonds. The summed E-state index contributed by atoms with van der Waals surface area (Å²) in [6.07, 6.45) is -13.0. The lowest BCUT2D eigenvalue weighted by Gasteiger charge is -2.45. The molecule has 0 aromatic carbocycles. The van der Waals surface area contributed by atoms with Gasteiger partial charge in [0.05, 0.1) is 0 Å². The molecule has 0 aromatic heterocycles. The second-order valence-electron chi connectivity index (χ2n) is 4.86. The highest BCUT2D eigenvalue weighted by molar-refractivity contribution is 7.46. The van der Waals surface area contributed by atoms with Gasteiger partial charge in [0.2, 0.25) is 0 Å². The molecule has 6 atom stereocenters. The predicted molar refractivity (Wildman–Crippen MR) is 73.6 cm³/mol. The van der Waals surface area contributed by atoms with Crippen LogP contribution in [0, 0.1) is 0 Å². The molecule has 0 spiro atoms. The molecular formula is C7H17O15P3. The summed E-state index contributed by atoms with van der Waals surface area (Å²) in [5.41, 5.74) is 0. The van der Waals surface area contributed by atoms with E-state index in [1.807, 2.05) is 0 Å². The molecule has 0 bridgehead atoms. The first-order valence-corrected chi connectivity index (χ1v) is 10.8. The first-order chi connectivity index (χ1) is 11.1. The molecule has 0 saturated heterocycles. The molecule has 0 unspecified atom stereocenters. The molecule has 1 aliphatic carbocycles. The number of phosphoric ester groups is 3. The minimum absolute atomic E-state index is 0.880. The molecule has 0 aromatic rings. The minimum atomic E-state index is -5.39. The van der Waals surface area contributed by atoms with Gasteiger partial charge in [-0.15, -0.1) is 0 Å². The molecular weight excluding hydrogens is 417 g/mol. The molecule has 1 rings (SSSR count). The molecule has 15 nitrogen and oxygen atoms in total. The van der Waals surface area contributed by atoms with Crippen LogP contribution in [0.15, 0.2) is 0 Å². The van der Waals surface area contributed by atoms with Crippen molar-refractivity contribution in [3.63, 3.8) is 0 Å². The molecule has 8 N–H and O–H groups in total. The van der Waals surface area contributed by atoms with Crippen molar-refractivity contribution in [2.45, 2.75) is 36.6 Å². The van der Waals surface area contributed by atoms with E-state index in [-0.39, 0.29) is 0 Å². The third kappa shape index (κ3) is 7.03. The molecule has 18 heteroatoms. The van der Waals surface area contributed by atoms with Crippen molar-refractivity contribution in [1.29, 1.82) is 0 Å². The van der Waals surface area contributed by atoms with Crippen LogP contribution in [0.5, 0.6) is 0 Å². The summed E-state index contributed by atoms with van der Waals surface area (Å²) in [6.45, 7) is 0. The molecule has 0 radical (unpaired) electrons. The van der Waals surface area contributed by atoms with Crippen LogP contribution in [0.1, 0.15) is 0 Å². The maximum Gasteiger partial charge on any atom is 0.470 e. The van der Waals surface area contributed by atoms with Crippen LogP contribution in [-0.4, -0.2) is 83.3 Å². The third-order valence-electron chi connectivity index (χ3n) is 3.04. The highest BCUT2D eigenvalue weighted by Crippen LogP contribution is 2.49. The number of ether oxygens (including phenoxy) is 1. The first-order valence-electron chi connectivity index (χ1n) is 6.16. The largest absolute Gasteiger partial charge is 0.470 e. The van der Waals surface area contributed by atoms with Gasteiger partial charge >= 0.3 is 23.5 Å². The Labute approximate surface area is 139 Å². The summed E-state index contributed by atoms with van der Waals surface area (Å²) in [5.74, 6) is 0. The number of rotatable bonds is 7.